The van der Waals surface area contributed by atoms with Crippen molar-refractivity contribution in [1.29, 1.82) is 0 Å². The topological polar surface area (TPSA) is 87.6 Å². The van der Waals surface area contributed by atoms with Crippen molar-refractivity contribution in [2.75, 3.05) is 7.11 Å². The number of carbonyl (C=O) groups is 1. The number of rotatable bonds is 4. The van der Waals surface area contributed by atoms with Crippen LogP contribution >= 0.6 is 0 Å². The van der Waals surface area contributed by atoms with Gasteiger partial charge in [-0.15, -0.1) is 10.2 Å². The molecular weight excluding hydrogens is 336 g/mol. The fraction of sp³-hybridized carbons (Fsp3) is 0.105. The van der Waals surface area contributed by atoms with Gasteiger partial charge in [-0.25, -0.2) is 4.79 Å². The number of aromatic nitrogens is 2. The Morgan fingerprint density at radius 3 is 2.54 bits per heavy atom. The van der Waals surface area contributed by atoms with Crippen LogP contribution in [0, 0.1) is 6.92 Å². The first kappa shape index (κ1) is 15.9. The van der Waals surface area contributed by atoms with Gasteiger partial charge in [0.25, 0.3) is 0 Å². The van der Waals surface area contributed by atoms with E-state index in [1.807, 2.05) is 6.07 Å². The largest absolute Gasteiger partial charge is 0.497 e. The normalized spacial score (nSPS) is 10.8. The molecule has 2 aromatic heterocycles. The van der Waals surface area contributed by atoms with Crippen molar-refractivity contribution < 1.29 is 23.1 Å². The Morgan fingerprint density at radius 2 is 1.85 bits per heavy atom. The number of carbonyl (C=O) groups excluding carboxylic acids is 1. The number of aryl methyl sites for hydroxylation is 1. The van der Waals surface area contributed by atoms with Crippen molar-refractivity contribution in [3.63, 3.8) is 0 Å². The molecule has 2 aromatic carbocycles. The smallest absolute Gasteiger partial charge is 0.379 e. The Morgan fingerprint density at radius 1 is 1.08 bits per heavy atom. The summed E-state index contributed by atoms with van der Waals surface area (Å²) in [6.45, 7) is 1.81. The maximum Gasteiger partial charge on any atom is 0.379 e. The molecule has 0 amide bonds. The van der Waals surface area contributed by atoms with Crippen LogP contribution in [-0.2, 0) is 0 Å². The van der Waals surface area contributed by atoms with Gasteiger partial charge in [0.15, 0.2) is 0 Å². The zero-order chi connectivity index (χ0) is 18.1. The molecule has 0 N–H and O–H groups in total. The average Bonchev–Trinajstić information content (AvgIpc) is 3.31. The third-order valence-electron chi connectivity index (χ3n) is 4.00. The van der Waals surface area contributed by atoms with Crippen LogP contribution in [0.1, 0.15) is 16.1 Å². The predicted octanol–water partition coefficient (Wildman–Crippen LogP) is 4.02. The molecule has 0 atom stereocenters. The molecule has 0 saturated heterocycles. The first-order chi connectivity index (χ1) is 12.7. The first-order valence-corrected chi connectivity index (χ1v) is 7.81. The molecule has 0 bridgehead atoms. The molecule has 0 aliphatic rings. The fourth-order valence-electron chi connectivity index (χ4n) is 2.64. The molecule has 0 spiro atoms. The van der Waals surface area contributed by atoms with E-state index in [1.54, 1.807) is 50.4 Å². The molecule has 2 heterocycles. The number of fused-ring (bicyclic) bond motifs is 1. The van der Waals surface area contributed by atoms with Gasteiger partial charge in [-0.1, -0.05) is 0 Å². The van der Waals surface area contributed by atoms with E-state index in [-0.39, 0.29) is 5.76 Å². The standard InChI is InChI=1S/C19H14N2O5/c1-11-15-9-14(23-2)7-8-16(15)26-17(11)19(22)25-13-5-3-12(4-6-13)18-21-20-10-24-18/h3-10H,1-2H3. The summed E-state index contributed by atoms with van der Waals surface area (Å²) in [4.78, 5) is 12.5. The molecule has 7 nitrogen and oxygen atoms in total. The lowest BCUT2D eigenvalue weighted by atomic mass is 10.1. The molecular formula is C19H14N2O5. The van der Waals surface area contributed by atoms with Crippen LogP contribution in [0.5, 0.6) is 11.5 Å². The fourth-order valence-corrected chi connectivity index (χ4v) is 2.64. The maximum atomic E-state index is 12.5. The Balaban J connectivity index is 1.58. The van der Waals surface area contributed by atoms with Gasteiger partial charge in [0.1, 0.15) is 17.1 Å². The molecule has 0 fully saturated rings. The summed E-state index contributed by atoms with van der Waals surface area (Å²) in [5.74, 6) is 1.07. The number of hydrogen-bond acceptors (Lipinski definition) is 7. The number of nitrogens with zero attached hydrogens (tertiary/aromatic N) is 2. The van der Waals surface area contributed by atoms with Gasteiger partial charge < -0.3 is 18.3 Å². The van der Waals surface area contributed by atoms with Crippen molar-refractivity contribution in [2.45, 2.75) is 6.92 Å². The molecule has 0 radical (unpaired) electrons. The highest BCUT2D eigenvalue weighted by molar-refractivity contribution is 5.97. The third kappa shape index (κ3) is 2.79. The Hall–Kier alpha value is -3.61. The minimum absolute atomic E-state index is 0.161. The summed E-state index contributed by atoms with van der Waals surface area (Å²) in [6.07, 6.45) is 1.25. The van der Waals surface area contributed by atoms with Crippen molar-refractivity contribution in [2.24, 2.45) is 0 Å². The van der Waals surface area contributed by atoms with Gasteiger partial charge in [0, 0.05) is 16.5 Å². The van der Waals surface area contributed by atoms with E-state index in [2.05, 4.69) is 10.2 Å². The average molecular weight is 350 g/mol. The molecule has 0 saturated carbocycles. The summed E-state index contributed by atoms with van der Waals surface area (Å²) in [7, 11) is 1.59. The molecule has 4 rings (SSSR count). The van der Waals surface area contributed by atoms with Crippen molar-refractivity contribution in [3.8, 4) is 23.0 Å². The highest BCUT2D eigenvalue weighted by atomic mass is 16.5. The second-order valence-electron chi connectivity index (χ2n) is 5.58. The summed E-state index contributed by atoms with van der Waals surface area (Å²) in [5.41, 5.74) is 2.03. The minimum Gasteiger partial charge on any atom is -0.497 e. The van der Waals surface area contributed by atoms with Gasteiger partial charge in [0.05, 0.1) is 7.11 Å². The molecule has 4 aromatic rings. The minimum atomic E-state index is -0.566. The van der Waals surface area contributed by atoms with Crippen molar-refractivity contribution in [1.82, 2.24) is 10.2 Å². The van der Waals surface area contributed by atoms with Crippen molar-refractivity contribution >= 4 is 16.9 Å². The molecule has 0 aliphatic heterocycles. The van der Waals surface area contributed by atoms with Crippen molar-refractivity contribution in [3.05, 3.63) is 60.2 Å². The zero-order valence-electron chi connectivity index (χ0n) is 14.1. The number of benzene rings is 2. The number of ether oxygens (including phenoxy) is 2. The van der Waals surface area contributed by atoms with E-state index in [9.17, 15) is 4.79 Å². The molecule has 0 unspecified atom stereocenters. The lowest BCUT2D eigenvalue weighted by molar-refractivity contribution is 0.0703. The van der Waals surface area contributed by atoms with E-state index >= 15 is 0 Å². The number of esters is 1. The molecule has 130 valence electrons. The van der Waals surface area contributed by atoms with E-state index in [1.165, 1.54) is 6.39 Å². The first-order valence-electron chi connectivity index (χ1n) is 7.81. The second-order valence-corrected chi connectivity index (χ2v) is 5.58. The molecule has 7 heteroatoms. The SMILES string of the molecule is COc1ccc2oc(C(=O)Oc3ccc(-c4nnco4)cc3)c(C)c2c1. The van der Waals surface area contributed by atoms with Crippen LogP contribution in [0.15, 0.2) is 57.7 Å². The van der Waals surface area contributed by atoms with Crippen LogP contribution in [-0.4, -0.2) is 23.3 Å². The number of hydrogen-bond donors (Lipinski definition) is 0. The second kappa shape index (κ2) is 6.36. The summed E-state index contributed by atoms with van der Waals surface area (Å²) < 4.78 is 21.4. The van der Waals surface area contributed by atoms with Crippen LogP contribution in [0.3, 0.4) is 0 Å². The Bertz CT molecular complexity index is 1070. The van der Waals surface area contributed by atoms with Gasteiger partial charge in [0.2, 0.25) is 18.0 Å². The number of furan rings is 1. The lowest BCUT2D eigenvalue weighted by Crippen LogP contribution is -2.08. The van der Waals surface area contributed by atoms with Crippen LogP contribution in [0.4, 0.5) is 0 Å². The molecule has 26 heavy (non-hydrogen) atoms. The summed E-state index contributed by atoms with van der Waals surface area (Å²) >= 11 is 0. The maximum absolute atomic E-state index is 12.5. The van der Waals surface area contributed by atoms with Crippen LogP contribution in [0.2, 0.25) is 0 Å². The lowest BCUT2D eigenvalue weighted by Gasteiger charge is -2.03. The third-order valence-corrected chi connectivity index (χ3v) is 4.00. The molecule has 0 aliphatic carbocycles. The predicted molar refractivity (Wildman–Crippen MR) is 92.2 cm³/mol. The van der Waals surface area contributed by atoms with E-state index in [4.69, 9.17) is 18.3 Å². The summed E-state index contributed by atoms with van der Waals surface area (Å²) in [6, 6.07) is 12.1. The monoisotopic (exact) mass is 350 g/mol. The highest BCUT2D eigenvalue weighted by Crippen LogP contribution is 2.29. The zero-order valence-corrected chi connectivity index (χ0v) is 14.1. The van der Waals surface area contributed by atoms with Crippen LogP contribution < -0.4 is 9.47 Å². The van der Waals surface area contributed by atoms with E-state index in [0.717, 1.165) is 10.9 Å². The summed E-state index contributed by atoms with van der Waals surface area (Å²) in [5, 5.41) is 8.26. The van der Waals surface area contributed by atoms with Gasteiger partial charge >= 0.3 is 5.97 Å². The van der Waals surface area contributed by atoms with Gasteiger partial charge in [-0.2, -0.15) is 0 Å². The van der Waals surface area contributed by atoms with E-state index in [0.29, 0.717) is 28.5 Å². The highest BCUT2D eigenvalue weighted by Gasteiger charge is 2.20. The van der Waals surface area contributed by atoms with Crippen LogP contribution in [0.25, 0.3) is 22.4 Å². The Kier molecular flexibility index (Phi) is 3.89. The van der Waals surface area contributed by atoms with Gasteiger partial charge in [-0.05, 0) is 49.4 Å². The quantitative estimate of drug-likeness (QED) is 0.406. The van der Waals surface area contributed by atoms with E-state index < -0.39 is 5.97 Å². The Labute approximate surface area is 148 Å². The van der Waals surface area contributed by atoms with Gasteiger partial charge in [-0.3, -0.25) is 0 Å². The number of methoxy groups -OCH3 is 1.